The summed E-state index contributed by atoms with van der Waals surface area (Å²) in [7, 11) is 0. The molecule has 2 unspecified atom stereocenters. The minimum atomic E-state index is -4.65. The molecule has 0 saturated heterocycles. The van der Waals surface area contributed by atoms with E-state index in [0.29, 0.717) is 5.70 Å². The molecule has 2 heterocycles. The van der Waals surface area contributed by atoms with Gasteiger partial charge in [0.15, 0.2) is 11.5 Å². The molecule has 0 aliphatic carbocycles. The molecular formula is C18H23ClF3N5O. The minimum Gasteiger partial charge on any atom is -0.311 e. The number of rotatable bonds is 7. The van der Waals surface area contributed by atoms with Crippen LogP contribution in [0.3, 0.4) is 0 Å². The Morgan fingerprint density at radius 2 is 2.04 bits per heavy atom. The molecule has 0 aromatic carbocycles. The van der Waals surface area contributed by atoms with Crippen molar-refractivity contribution in [3.8, 4) is 0 Å². The zero-order valence-corrected chi connectivity index (χ0v) is 16.8. The van der Waals surface area contributed by atoms with Gasteiger partial charge in [-0.15, -0.1) is 11.6 Å². The van der Waals surface area contributed by atoms with Gasteiger partial charge in [-0.3, -0.25) is 9.48 Å². The maximum Gasteiger partial charge on any atom is 0.435 e. The number of alkyl halides is 4. The molecular weight excluding hydrogens is 395 g/mol. The van der Waals surface area contributed by atoms with Crippen molar-refractivity contribution >= 4 is 23.1 Å². The second kappa shape index (κ2) is 8.08. The number of carbonyl (C=O) groups excluding carboxylic acids is 1. The van der Waals surface area contributed by atoms with Crippen molar-refractivity contribution in [3.63, 3.8) is 0 Å². The lowest BCUT2D eigenvalue weighted by atomic mass is 10.1. The summed E-state index contributed by atoms with van der Waals surface area (Å²) in [6.45, 7) is 6.52. The summed E-state index contributed by atoms with van der Waals surface area (Å²) in [6, 6.07) is 2.43. The van der Waals surface area contributed by atoms with Gasteiger partial charge in [0.05, 0.1) is 24.1 Å². The predicted molar refractivity (Wildman–Crippen MR) is 101 cm³/mol. The number of hydrogen-bond acceptors (Lipinski definition) is 4. The maximum absolute atomic E-state index is 13.3. The summed E-state index contributed by atoms with van der Waals surface area (Å²) < 4.78 is 42.4. The molecule has 0 fully saturated rings. The van der Waals surface area contributed by atoms with Gasteiger partial charge in [-0.2, -0.15) is 23.4 Å². The van der Waals surface area contributed by atoms with Crippen molar-refractivity contribution in [2.45, 2.75) is 51.8 Å². The first kappa shape index (κ1) is 22.2. The van der Waals surface area contributed by atoms with Gasteiger partial charge >= 0.3 is 6.18 Å². The highest BCUT2D eigenvalue weighted by Gasteiger charge is 2.36. The van der Waals surface area contributed by atoms with Crippen molar-refractivity contribution < 1.29 is 18.0 Å². The number of nitrogens with zero attached hydrogens (tertiary/aromatic N) is 4. The molecule has 0 saturated carbocycles. The highest BCUT2D eigenvalue weighted by Crippen LogP contribution is 2.32. The number of aromatic nitrogens is 4. The van der Waals surface area contributed by atoms with E-state index in [4.69, 9.17) is 17.3 Å². The van der Waals surface area contributed by atoms with Crippen LogP contribution in [-0.2, 0) is 12.7 Å². The largest absolute Gasteiger partial charge is 0.435 e. The summed E-state index contributed by atoms with van der Waals surface area (Å²) in [6.07, 6.45) is -0.729. The Bertz CT molecular complexity index is 877. The quantitative estimate of drug-likeness (QED) is 0.417. The first-order valence-corrected chi connectivity index (χ1v) is 9.11. The van der Waals surface area contributed by atoms with Crippen LogP contribution in [0.1, 0.15) is 56.0 Å². The van der Waals surface area contributed by atoms with E-state index in [1.54, 1.807) is 6.08 Å². The monoisotopic (exact) mass is 417 g/mol. The fraction of sp³-hybridized carbons (Fsp3) is 0.500. The van der Waals surface area contributed by atoms with Gasteiger partial charge < -0.3 is 5.73 Å². The number of ketones is 1. The van der Waals surface area contributed by atoms with E-state index in [2.05, 4.69) is 10.2 Å². The molecule has 2 rings (SSSR count). The van der Waals surface area contributed by atoms with Gasteiger partial charge in [0.2, 0.25) is 0 Å². The molecule has 2 aromatic heterocycles. The van der Waals surface area contributed by atoms with E-state index >= 15 is 0 Å². The lowest BCUT2D eigenvalue weighted by Gasteiger charge is -2.20. The maximum atomic E-state index is 13.3. The summed E-state index contributed by atoms with van der Waals surface area (Å²) in [5.74, 6) is -0.257. The molecule has 0 bridgehead atoms. The number of allylic oxidation sites excluding steroid dienone is 1. The minimum absolute atomic E-state index is 0.0111. The molecule has 2 aromatic rings. The van der Waals surface area contributed by atoms with Gasteiger partial charge in [0.25, 0.3) is 0 Å². The number of hydrogen-bond donors (Lipinski definition) is 1. The van der Waals surface area contributed by atoms with E-state index in [1.807, 2.05) is 13.8 Å². The molecule has 6 nitrogen and oxygen atoms in total. The van der Waals surface area contributed by atoms with E-state index in [-0.39, 0.29) is 29.6 Å². The zero-order valence-electron chi connectivity index (χ0n) is 16.1. The molecule has 0 aliphatic heterocycles. The Kier molecular flexibility index (Phi) is 6.40. The Hall–Kier alpha value is -2.13. The fourth-order valence-corrected chi connectivity index (χ4v) is 2.70. The van der Waals surface area contributed by atoms with Gasteiger partial charge in [-0.1, -0.05) is 26.3 Å². The van der Waals surface area contributed by atoms with E-state index < -0.39 is 16.9 Å². The summed E-state index contributed by atoms with van der Waals surface area (Å²) in [5.41, 5.74) is 5.41. The van der Waals surface area contributed by atoms with Crippen LogP contribution in [0, 0.1) is 5.92 Å². The van der Waals surface area contributed by atoms with Crippen molar-refractivity contribution in [3.05, 3.63) is 41.5 Å². The number of halogens is 4. The molecule has 0 radical (unpaired) electrons. The number of nitrogens with two attached hydrogens (primary N) is 1. The molecule has 0 amide bonds. The average molecular weight is 418 g/mol. The smallest absolute Gasteiger partial charge is 0.311 e. The third-order valence-corrected chi connectivity index (χ3v) is 4.23. The Labute approximate surface area is 166 Å². The first-order chi connectivity index (χ1) is 12.8. The van der Waals surface area contributed by atoms with Gasteiger partial charge in [-0.05, 0) is 25.0 Å². The summed E-state index contributed by atoms with van der Waals surface area (Å²) in [4.78, 5) is 10.6. The highest BCUT2D eigenvalue weighted by atomic mass is 35.5. The normalized spacial score (nSPS) is 16.1. The van der Waals surface area contributed by atoms with E-state index in [1.165, 1.54) is 30.8 Å². The second-order valence-corrected chi connectivity index (χ2v) is 7.83. The fourth-order valence-electron chi connectivity index (χ4n) is 2.59. The van der Waals surface area contributed by atoms with Crippen molar-refractivity contribution in [2.75, 3.05) is 0 Å². The van der Waals surface area contributed by atoms with Gasteiger partial charge in [-0.25, -0.2) is 4.68 Å². The lowest BCUT2D eigenvalue weighted by molar-refractivity contribution is -0.141. The van der Waals surface area contributed by atoms with Crippen LogP contribution in [0.5, 0.6) is 0 Å². The zero-order chi connectivity index (χ0) is 21.3. The van der Waals surface area contributed by atoms with E-state index in [9.17, 15) is 18.0 Å². The van der Waals surface area contributed by atoms with Crippen LogP contribution in [0.25, 0.3) is 5.70 Å². The number of carbonyl (C=O) groups is 1. The molecule has 0 spiro atoms. The molecule has 154 valence electrons. The van der Waals surface area contributed by atoms with Gasteiger partial charge in [0, 0.05) is 6.92 Å². The molecule has 2 N–H and O–H groups in total. The van der Waals surface area contributed by atoms with Crippen LogP contribution in [-0.4, -0.2) is 30.3 Å². The number of Topliss-reactive ketones (excluding diaryl/α,β-unsaturated/α-hetero) is 1. The Balaban J connectivity index is 2.75. The molecule has 10 heteroatoms. The molecule has 2 atom stereocenters. The van der Waals surface area contributed by atoms with Crippen LogP contribution < -0.4 is 5.73 Å². The van der Waals surface area contributed by atoms with Crippen molar-refractivity contribution in [1.29, 1.82) is 0 Å². The van der Waals surface area contributed by atoms with Gasteiger partial charge in [0.1, 0.15) is 10.7 Å². The van der Waals surface area contributed by atoms with E-state index in [0.717, 1.165) is 17.2 Å². The molecule has 0 aliphatic rings. The predicted octanol–water partition coefficient (Wildman–Crippen LogP) is 4.15. The molecule has 28 heavy (non-hydrogen) atoms. The van der Waals surface area contributed by atoms with Crippen LogP contribution in [0.2, 0.25) is 0 Å². The topological polar surface area (TPSA) is 78.7 Å². The Morgan fingerprint density at radius 1 is 1.39 bits per heavy atom. The van der Waals surface area contributed by atoms with Crippen LogP contribution >= 0.6 is 11.6 Å². The second-order valence-electron chi connectivity index (χ2n) is 6.97. The summed E-state index contributed by atoms with van der Waals surface area (Å²) in [5, 5.41) is 7.82. The lowest BCUT2D eigenvalue weighted by Crippen LogP contribution is -2.35. The van der Waals surface area contributed by atoms with Crippen molar-refractivity contribution in [1.82, 2.24) is 19.6 Å². The Morgan fingerprint density at radius 3 is 2.54 bits per heavy atom. The highest BCUT2D eigenvalue weighted by molar-refractivity contribution is 6.23. The van der Waals surface area contributed by atoms with Crippen molar-refractivity contribution in [2.24, 2.45) is 11.7 Å². The summed E-state index contributed by atoms with van der Waals surface area (Å²) >= 11 is 6.05. The standard InChI is InChI=1S/C18H23ClF3N5O/c1-5-11(2)8-15(27-13(12(3)28)6-7-24-27)14-9-16(18(20,21)22)25-26(14)10-17(4,19)23/h6-9,11H,5,10,23H2,1-4H3/b15-8-. The SMILES string of the molecule is CCC(C)/C=C(/c1cc(C(F)(F)F)nn1CC(C)(N)Cl)n1nccc1C(C)=O. The third kappa shape index (κ3) is 5.23. The average Bonchev–Trinajstić information content (AvgIpc) is 3.17. The third-order valence-electron chi connectivity index (χ3n) is 4.11. The van der Waals surface area contributed by atoms with Crippen LogP contribution in [0.4, 0.5) is 13.2 Å². The van der Waals surface area contributed by atoms with Crippen LogP contribution in [0.15, 0.2) is 24.4 Å². The first-order valence-electron chi connectivity index (χ1n) is 8.74.